The number of aliphatic hydroxyl groups excluding tert-OH is 1. The third-order valence-corrected chi connectivity index (χ3v) is 4.53. The fraction of sp³-hybridized carbons (Fsp3) is 0.500. The fourth-order valence-corrected chi connectivity index (χ4v) is 2.39. The first kappa shape index (κ1) is 15.4. The maximum absolute atomic E-state index is 12.1. The van der Waals surface area contributed by atoms with Gasteiger partial charge in [0.25, 0.3) is 5.91 Å². The van der Waals surface area contributed by atoms with Gasteiger partial charge in [0, 0.05) is 16.7 Å². The molecule has 0 aliphatic heterocycles. The van der Waals surface area contributed by atoms with Crippen LogP contribution in [-0.4, -0.2) is 24.2 Å². The van der Waals surface area contributed by atoms with E-state index in [4.69, 9.17) is 5.11 Å². The quantitative estimate of drug-likeness (QED) is 0.766. The Kier molecular flexibility index (Phi) is 6.63. The molecule has 0 aliphatic rings. The van der Waals surface area contributed by atoms with E-state index in [1.807, 2.05) is 25.1 Å². The molecule has 0 bridgehead atoms. The summed E-state index contributed by atoms with van der Waals surface area (Å²) in [5.74, 6) is 0.320. The second-order valence-electron chi connectivity index (χ2n) is 4.43. The van der Waals surface area contributed by atoms with Gasteiger partial charge in [-0.2, -0.15) is 0 Å². The minimum atomic E-state index is -0.0283. The normalized spacial score (nSPS) is 12.2. The number of carbonyl (C=O) groups excluding carboxylic acids is 1. The van der Waals surface area contributed by atoms with Gasteiger partial charge in [-0.15, -0.1) is 0 Å². The van der Waals surface area contributed by atoms with E-state index in [9.17, 15) is 4.79 Å². The molecule has 0 saturated heterocycles. The molecule has 18 heavy (non-hydrogen) atoms. The Morgan fingerprint density at radius 1 is 1.50 bits per heavy atom. The molecule has 1 amide bonds. The summed E-state index contributed by atoms with van der Waals surface area (Å²) < 4.78 is 1.00. The number of carbonyl (C=O) groups is 1. The summed E-state index contributed by atoms with van der Waals surface area (Å²) in [5, 5.41) is 11.9. The second-order valence-corrected chi connectivity index (χ2v) is 5.51. The summed E-state index contributed by atoms with van der Waals surface area (Å²) in [4.78, 5) is 12.1. The van der Waals surface area contributed by atoms with Gasteiger partial charge in [-0.1, -0.05) is 25.5 Å². The molecule has 1 unspecified atom stereocenters. The Labute approximate surface area is 122 Å². The van der Waals surface area contributed by atoms with Gasteiger partial charge in [-0.3, -0.25) is 4.79 Å². The molecule has 0 heterocycles. The van der Waals surface area contributed by atoms with Crippen molar-refractivity contribution in [1.82, 2.24) is 5.32 Å². The molecule has 1 aromatic rings. The highest BCUT2D eigenvalue weighted by atomic mass is 127. The van der Waals surface area contributed by atoms with E-state index in [0.29, 0.717) is 12.5 Å². The van der Waals surface area contributed by atoms with E-state index >= 15 is 0 Å². The monoisotopic (exact) mass is 361 g/mol. The van der Waals surface area contributed by atoms with Gasteiger partial charge in [-0.25, -0.2) is 0 Å². The molecule has 0 aromatic heterocycles. The summed E-state index contributed by atoms with van der Waals surface area (Å²) in [6, 6.07) is 5.74. The molecule has 0 saturated carbocycles. The number of amides is 1. The number of halogens is 1. The summed E-state index contributed by atoms with van der Waals surface area (Å²) in [6.07, 6.45) is 1.70. The zero-order valence-electron chi connectivity index (χ0n) is 10.9. The lowest BCUT2D eigenvalue weighted by atomic mass is 10.0. The van der Waals surface area contributed by atoms with Gasteiger partial charge < -0.3 is 10.4 Å². The predicted octanol–water partition coefficient (Wildman–Crippen LogP) is 2.74. The van der Waals surface area contributed by atoms with Crippen molar-refractivity contribution in [3.63, 3.8) is 0 Å². The van der Waals surface area contributed by atoms with Crippen molar-refractivity contribution in [2.45, 2.75) is 26.7 Å². The number of rotatable bonds is 6. The Hall–Kier alpha value is -0.620. The van der Waals surface area contributed by atoms with Gasteiger partial charge in [-0.05, 0) is 53.5 Å². The van der Waals surface area contributed by atoms with Gasteiger partial charge in [0.1, 0.15) is 0 Å². The number of aryl methyl sites for hydroxylation is 1. The van der Waals surface area contributed by atoms with E-state index in [1.54, 1.807) is 0 Å². The van der Waals surface area contributed by atoms with Crippen molar-refractivity contribution in [2.24, 2.45) is 5.92 Å². The van der Waals surface area contributed by atoms with Crippen molar-refractivity contribution in [1.29, 1.82) is 0 Å². The first-order valence-corrected chi connectivity index (χ1v) is 7.32. The van der Waals surface area contributed by atoms with Crippen molar-refractivity contribution in [2.75, 3.05) is 13.2 Å². The number of hydrogen-bond donors (Lipinski definition) is 2. The molecule has 0 spiro atoms. The minimum Gasteiger partial charge on any atom is -0.396 e. The molecule has 1 atom stereocenters. The Bertz CT molecular complexity index is 407. The highest BCUT2D eigenvalue weighted by Crippen LogP contribution is 2.16. The maximum atomic E-state index is 12.1. The molecular weight excluding hydrogens is 341 g/mol. The van der Waals surface area contributed by atoms with Crippen LogP contribution in [0.3, 0.4) is 0 Å². The number of aliphatic hydroxyl groups is 1. The minimum absolute atomic E-state index is 0.0283. The van der Waals surface area contributed by atoms with Gasteiger partial charge in [0.15, 0.2) is 0 Å². The van der Waals surface area contributed by atoms with Crippen LogP contribution < -0.4 is 5.32 Å². The Morgan fingerprint density at radius 2 is 2.22 bits per heavy atom. The molecule has 1 rings (SSSR count). The average Bonchev–Trinajstić information content (AvgIpc) is 2.37. The van der Waals surface area contributed by atoms with Crippen LogP contribution in [0.2, 0.25) is 0 Å². The van der Waals surface area contributed by atoms with Gasteiger partial charge in [0.2, 0.25) is 0 Å². The van der Waals surface area contributed by atoms with Crippen LogP contribution in [0.4, 0.5) is 0 Å². The van der Waals surface area contributed by atoms with Crippen LogP contribution >= 0.6 is 22.6 Å². The summed E-state index contributed by atoms with van der Waals surface area (Å²) in [5.41, 5.74) is 1.85. The molecule has 2 N–H and O–H groups in total. The smallest absolute Gasteiger partial charge is 0.252 e. The van der Waals surface area contributed by atoms with E-state index in [-0.39, 0.29) is 12.5 Å². The first-order chi connectivity index (χ1) is 8.60. The van der Waals surface area contributed by atoms with Crippen LogP contribution in [0.1, 0.15) is 35.7 Å². The lowest BCUT2D eigenvalue weighted by Gasteiger charge is -2.15. The topological polar surface area (TPSA) is 49.3 Å². The second kappa shape index (κ2) is 7.74. The zero-order valence-corrected chi connectivity index (χ0v) is 13.0. The Morgan fingerprint density at radius 3 is 2.83 bits per heavy atom. The molecule has 3 nitrogen and oxygen atoms in total. The molecule has 0 fully saturated rings. The number of hydrogen-bond acceptors (Lipinski definition) is 2. The predicted molar refractivity (Wildman–Crippen MR) is 81.7 cm³/mol. The van der Waals surface area contributed by atoms with Crippen molar-refractivity contribution < 1.29 is 9.90 Å². The number of nitrogens with one attached hydrogen (secondary N) is 1. The van der Waals surface area contributed by atoms with E-state index in [0.717, 1.165) is 27.5 Å². The zero-order chi connectivity index (χ0) is 13.5. The SMILES string of the molecule is CCC(CCO)CNC(=O)c1cccc(C)c1I. The highest BCUT2D eigenvalue weighted by Gasteiger charge is 2.13. The van der Waals surface area contributed by atoms with Crippen LogP contribution in [0.25, 0.3) is 0 Å². The van der Waals surface area contributed by atoms with Crippen LogP contribution in [-0.2, 0) is 0 Å². The molecular formula is C14H20INO2. The molecule has 4 heteroatoms. The fourth-order valence-electron chi connectivity index (χ4n) is 1.79. The summed E-state index contributed by atoms with van der Waals surface area (Å²) in [6.45, 7) is 4.87. The van der Waals surface area contributed by atoms with Gasteiger partial charge in [0.05, 0.1) is 5.56 Å². The van der Waals surface area contributed by atoms with E-state index in [2.05, 4.69) is 34.8 Å². The standard InChI is InChI=1S/C14H20INO2/c1-3-11(7-8-17)9-16-14(18)12-6-4-5-10(2)13(12)15/h4-6,11,17H,3,7-9H2,1-2H3,(H,16,18). The molecule has 100 valence electrons. The molecule has 0 aliphatic carbocycles. The molecule has 0 radical (unpaired) electrons. The average molecular weight is 361 g/mol. The van der Waals surface area contributed by atoms with E-state index < -0.39 is 0 Å². The highest BCUT2D eigenvalue weighted by molar-refractivity contribution is 14.1. The third kappa shape index (κ3) is 4.24. The van der Waals surface area contributed by atoms with E-state index in [1.165, 1.54) is 0 Å². The number of benzene rings is 1. The molecule has 1 aromatic carbocycles. The van der Waals surface area contributed by atoms with Crippen LogP contribution in [0.15, 0.2) is 18.2 Å². The first-order valence-electron chi connectivity index (χ1n) is 6.24. The van der Waals surface area contributed by atoms with Crippen molar-refractivity contribution in [3.8, 4) is 0 Å². The van der Waals surface area contributed by atoms with Crippen LogP contribution in [0, 0.1) is 16.4 Å². The maximum Gasteiger partial charge on any atom is 0.252 e. The lowest BCUT2D eigenvalue weighted by Crippen LogP contribution is -2.30. The third-order valence-electron chi connectivity index (χ3n) is 3.10. The Balaban J connectivity index is 2.62. The summed E-state index contributed by atoms with van der Waals surface area (Å²) >= 11 is 2.20. The van der Waals surface area contributed by atoms with Crippen molar-refractivity contribution >= 4 is 28.5 Å². The van der Waals surface area contributed by atoms with Crippen molar-refractivity contribution in [3.05, 3.63) is 32.9 Å². The largest absolute Gasteiger partial charge is 0.396 e. The van der Waals surface area contributed by atoms with Gasteiger partial charge >= 0.3 is 0 Å². The lowest BCUT2D eigenvalue weighted by molar-refractivity contribution is 0.0942. The van der Waals surface area contributed by atoms with Crippen LogP contribution in [0.5, 0.6) is 0 Å². The summed E-state index contributed by atoms with van der Waals surface area (Å²) in [7, 11) is 0.